The van der Waals surface area contributed by atoms with Gasteiger partial charge in [0.05, 0.1) is 4.90 Å². The van der Waals surface area contributed by atoms with Crippen molar-refractivity contribution in [3.63, 3.8) is 0 Å². The maximum Gasteiger partial charge on any atom is 0.242 e. The highest BCUT2D eigenvalue weighted by Gasteiger charge is 2.25. The van der Waals surface area contributed by atoms with Crippen LogP contribution in [0.5, 0.6) is 0 Å². The third-order valence-corrected chi connectivity index (χ3v) is 6.89. The topological polar surface area (TPSA) is 83.7 Å². The van der Waals surface area contributed by atoms with E-state index in [9.17, 15) is 17.6 Å². The molecule has 0 aliphatic carbocycles. The van der Waals surface area contributed by atoms with E-state index in [1.54, 1.807) is 0 Å². The third kappa shape index (κ3) is 5.25. The maximum absolute atomic E-state index is 13.0. The van der Waals surface area contributed by atoms with Crippen molar-refractivity contribution < 1.29 is 17.6 Å². The Morgan fingerprint density at radius 2 is 1.88 bits per heavy atom. The fraction of sp³-hybridized carbons (Fsp3) is 0.611. The highest BCUT2D eigenvalue weighted by molar-refractivity contribution is 7.89. The summed E-state index contributed by atoms with van der Waals surface area (Å²) >= 11 is 0. The van der Waals surface area contributed by atoms with E-state index in [2.05, 4.69) is 0 Å². The first kappa shape index (κ1) is 20.8. The number of halogens is 1. The Morgan fingerprint density at radius 1 is 1.31 bits per heavy atom. The average molecular weight is 386 g/mol. The van der Waals surface area contributed by atoms with Crippen LogP contribution in [0.1, 0.15) is 32.6 Å². The van der Waals surface area contributed by atoms with Gasteiger partial charge in [-0.1, -0.05) is 0 Å². The lowest BCUT2D eigenvalue weighted by atomic mass is 9.91. The maximum atomic E-state index is 13.0. The van der Waals surface area contributed by atoms with Crippen LogP contribution < -0.4 is 5.73 Å². The highest BCUT2D eigenvalue weighted by atomic mass is 32.2. The summed E-state index contributed by atoms with van der Waals surface area (Å²) < 4.78 is 39.0. The second-order valence-electron chi connectivity index (χ2n) is 6.96. The van der Waals surface area contributed by atoms with Gasteiger partial charge < -0.3 is 10.6 Å². The zero-order chi connectivity index (χ0) is 19.3. The number of sulfonamides is 1. The minimum absolute atomic E-state index is 0.0469. The Hall–Kier alpha value is -1.51. The number of hydrogen-bond donors (Lipinski definition) is 1. The number of hydrogen-bond acceptors (Lipinski definition) is 4. The summed E-state index contributed by atoms with van der Waals surface area (Å²) in [5, 5.41) is 0. The molecule has 1 fully saturated rings. The number of rotatable bonds is 7. The van der Waals surface area contributed by atoms with Gasteiger partial charge in [-0.15, -0.1) is 0 Å². The monoisotopic (exact) mass is 385 g/mol. The number of amides is 1. The molecule has 0 spiro atoms. The first-order chi connectivity index (χ1) is 12.2. The van der Waals surface area contributed by atoms with E-state index in [0.717, 1.165) is 38.1 Å². The Bertz CT molecular complexity index is 699. The molecule has 0 radical (unpaired) electrons. The van der Waals surface area contributed by atoms with Crippen LogP contribution in [0.2, 0.25) is 0 Å². The van der Waals surface area contributed by atoms with Crippen molar-refractivity contribution >= 4 is 15.9 Å². The summed E-state index contributed by atoms with van der Waals surface area (Å²) in [5.41, 5.74) is 5.91. The molecule has 2 N–H and O–H groups in total. The van der Waals surface area contributed by atoms with Crippen molar-refractivity contribution in [2.45, 2.75) is 43.5 Å². The molecule has 146 valence electrons. The number of carbonyl (C=O) groups excluding carboxylic acids is 1. The van der Waals surface area contributed by atoms with Crippen LogP contribution in [0.25, 0.3) is 0 Å². The van der Waals surface area contributed by atoms with Crippen LogP contribution in [0.15, 0.2) is 29.2 Å². The van der Waals surface area contributed by atoms with Crippen LogP contribution in [0.3, 0.4) is 0 Å². The van der Waals surface area contributed by atoms with E-state index in [0.29, 0.717) is 18.8 Å². The first-order valence-electron chi connectivity index (χ1n) is 8.97. The van der Waals surface area contributed by atoms with Crippen molar-refractivity contribution in [2.24, 2.45) is 11.7 Å². The number of piperidine rings is 1. The molecule has 1 atom stereocenters. The fourth-order valence-electron chi connectivity index (χ4n) is 3.19. The Kier molecular flexibility index (Phi) is 7.14. The lowest BCUT2D eigenvalue weighted by molar-refractivity contribution is -0.132. The molecule has 1 aliphatic rings. The molecule has 1 unspecified atom stereocenters. The van der Waals surface area contributed by atoms with E-state index in [1.165, 1.54) is 23.5 Å². The summed E-state index contributed by atoms with van der Waals surface area (Å²) in [5.74, 6) is 0.0386. The van der Waals surface area contributed by atoms with E-state index >= 15 is 0 Å². The summed E-state index contributed by atoms with van der Waals surface area (Å²) in [6.45, 7) is 3.67. The summed E-state index contributed by atoms with van der Waals surface area (Å²) in [7, 11) is -2.20. The predicted molar refractivity (Wildman–Crippen MR) is 98.4 cm³/mol. The number of nitrogens with zero attached hydrogens (tertiary/aromatic N) is 2. The average Bonchev–Trinajstić information content (AvgIpc) is 2.61. The van der Waals surface area contributed by atoms with Crippen LogP contribution in [0.4, 0.5) is 4.39 Å². The highest BCUT2D eigenvalue weighted by Crippen LogP contribution is 2.20. The van der Waals surface area contributed by atoms with Gasteiger partial charge >= 0.3 is 0 Å². The molecule has 2 rings (SSSR count). The summed E-state index contributed by atoms with van der Waals surface area (Å²) in [6.07, 6.45) is 2.60. The zero-order valence-corrected chi connectivity index (χ0v) is 16.2. The quantitative estimate of drug-likeness (QED) is 0.776. The molecule has 1 aromatic carbocycles. The Balaban J connectivity index is 1.80. The van der Waals surface area contributed by atoms with Crippen molar-refractivity contribution in [1.29, 1.82) is 0 Å². The van der Waals surface area contributed by atoms with Gasteiger partial charge in [0.2, 0.25) is 15.9 Å². The third-order valence-electron chi connectivity index (χ3n) is 5.02. The Labute approximate surface area is 155 Å². The van der Waals surface area contributed by atoms with E-state index in [-0.39, 0.29) is 23.4 Å². The Morgan fingerprint density at radius 3 is 2.42 bits per heavy atom. The van der Waals surface area contributed by atoms with Gasteiger partial charge in [0, 0.05) is 39.1 Å². The molecular formula is C18H28FN3O3S. The van der Waals surface area contributed by atoms with Crippen molar-refractivity contribution in [1.82, 2.24) is 9.21 Å². The lowest BCUT2D eigenvalue weighted by Gasteiger charge is -2.33. The van der Waals surface area contributed by atoms with Gasteiger partial charge in [0.15, 0.2) is 0 Å². The molecule has 1 saturated heterocycles. The minimum atomic E-state index is -3.67. The molecule has 0 aromatic heterocycles. The molecule has 6 nitrogen and oxygen atoms in total. The second kappa shape index (κ2) is 8.92. The SMILES string of the molecule is CC(N)C1CCN(C(=O)CCCN(C)S(=O)(=O)c2ccc(F)cc2)CC1. The largest absolute Gasteiger partial charge is 0.343 e. The first-order valence-corrected chi connectivity index (χ1v) is 10.4. The fourth-order valence-corrected chi connectivity index (χ4v) is 4.40. The van der Waals surface area contributed by atoms with Gasteiger partial charge in [-0.3, -0.25) is 4.79 Å². The molecule has 0 saturated carbocycles. The number of nitrogens with two attached hydrogens (primary N) is 1. The number of carbonyl (C=O) groups is 1. The van der Waals surface area contributed by atoms with Crippen molar-refractivity contribution in [2.75, 3.05) is 26.7 Å². The van der Waals surface area contributed by atoms with Gasteiger partial charge in [-0.25, -0.2) is 17.1 Å². The molecule has 0 bridgehead atoms. The molecule has 1 heterocycles. The van der Waals surface area contributed by atoms with Crippen molar-refractivity contribution in [3.05, 3.63) is 30.1 Å². The van der Waals surface area contributed by atoms with E-state index in [4.69, 9.17) is 5.73 Å². The molecule has 1 aliphatic heterocycles. The standard InChI is InChI=1S/C18H28FN3O3S/c1-14(20)15-9-12-22(13-10-15)18(23)4-3-11-21(2)26(24,25)17-7-5-16(19)6-8-17/h5-8,14-15H,3-4,9-13,20H2,1-2H3. The molecule has 1 amide bonds. The molecule has 1 aromatic rings. The smallest absolute Gasteiger partial charge is 0.242 e. The van der Waals surface area contributed by atoms with Crippen LogP contribution in [0, 0.1) is 11.7 Å². The summed E-state index contributed by atoms with van der Waals surface area (Å²) in [6, 6.07) is 4.88. The van der Waals surface area contributed by atoms with Crippen LogP contribution in [-0.4, -0.2) is 56.3 Å². The van der Waals surface area contributed by atoms with Gasteiger partial charge in [0.1, 0.15) is 5.82 Å². The summed E-state index contributed by atoms with van der Waals surface area (Å²) in [4.78, 5) is 14.2. The minimum Gasteiger partial charge on any atom is -0.343 e. The molecule has 8 heteroatoms. The number of likely N-dealkylation sites (tertiary alicyclic amines) is 1. The lowest BCUT2D eigenvalue weighted by Crippen LogP contribution is -2.42. The predicted octanol–water partition coefficient (Wildman–Crippen LogP) is 1.81. The van der Waals surface area contributed by atoms with Crippen molar-refractivity contribution in [3.8, 4) is 0 Å². The number of benzene rings is 1. The normalized spacial score (nSPS) is 17.5. The van der Waals surface area contributed by atoms with Crippen LogP contribution in [-0.2, 0) is 14.8 Å². The molecule has 26 heavy (non-hydrogen) atoms. The van der Waals surface area contributed by atoms with E-state index < -0.39 is 15.8 Å². The van der Waals surface area contributed by atoms with Crippen LogP contribution >= 0.6 is 0 Å². The zero-order valence-electron chi connectivity index (χ0n) is 15.4. The second-order valence-corrected chi connectivity index (χ2v) is 9.01. The molecular weight excluding hydrogens is 357 g/mol. The van der Waals surface area contributed by atoms with Gasteiger partial charge in [0.25, 0.3) is 0 Å². The van der Waals surface area contributed by atoms with Gasteiger partial charge in [-0.2, -0.15) is 0 Å². The van der Waals surface area contributed by atoms with E-state index in [1.807, 2.05) is 11.8 Å². The van der Waals surface area contributed by atoms with Gasteiger partial charge in [-0.05, 0) is 56.4 Å².